The third kappa shape index (κ3) is 5.52. The van der Waals surface area contributed by atoms with Crippen molar-refractivity contribution in [1.82, 2.24) is 15.3 Å². The number of aromatic nitrogens is 2. The minimum Gasteiger partial charge on any atom is -0.493 e. The molecule has 4 heteroatoms. The van der Waals surface area contributed by atoms with Crippen LogP contribution in [0, 0.1) is 5.92 Å². The molecular weight excluding hydrogens is 262 g/mol. The zero-order chi connectivity index (χ0) is 14.9. The molecular formula is C17H23N3O. The second-order valence-corrected chi connectivity index (χ2v) is 5.43. The van der Waals surface area contributed by atoms with Crippen LogP contribution in [0.3, 0.4) is 0 Å². The fourth-order valence-corrected chi connectivity index (χ4v) is 2.00. The summed E-state index contributed by atoms with van der Waals surface area (Å²) < 4.78 is 5.88. The van der Waals surface area contributed by atoms with E-state index in [4.69, 9.17) is 4.74 Å². The molecule has 1 N–H and O–H groups in total. The van der Waals surface area contributed by atoms with E-state index >= 15 is 0 Å². The van der Waals surface area contributed by atoms with Gasteiger partial charge in [0.25, 0.3) is 0 Å². The van der Waals surface area contributed by atoms with Crippen molar-refractivity contribution in [3.05, 3.63) is 54.1 Å². The first-order valence-corrected chi connectivity index (χ1v) is 7.42. The van der Waals surface area contributed by atoms with Crippen molar-refractivity contribution in [1.29, 1.82) is 0 Å². The van der Waals surface area contributed by atoms with Crippen LogP contribution in [-0.2, 0) is 13.0 Å². The molecule has 21 heavy (non-hydrogen) atoms. The molecule has 0 aliphatic rings. The molecule has 0 saturated heterocycles. The molecule has 0 amide bonds. The predicted octanol–water partition coefficient (Wildman–Crippen LogP) is 2.84. The molecule has 4 nitrogen and oxygen atoms in total. The van der Waals surface area contributed by atoms with E-state index in [0.29, 0.717) is 12.5 Å². The zero-order valence-corrected chi connectivity index (χ0v) is 12.7. The third-order valence-electron chi connectivity index (χ3n) is 3.07. The zero-order valence-electron chi connectivity index (χ0n) is 12.7. The second kappa shape index (κ2) is 8.37. The quantitative estimate of drug-likeness (QED) is 0.810. The van der Waals surface area contributed by atoms with Gasteiger partial charge in [-0.15, -0.1) is 0 Å². The second-order valence-electron chi connectivity index (χ2n) is 5.43. The molecule has 2 aromatic rings. The van der Waals surface area contributed by atoms with Gasteiger partial charge in [-0.2, -0.15) is 0 Å². The Bertz CT molecular complexity index is 529. The summed E-state index contributed by atoms with van der Waals surface area (Å²) >= 11 is 0. The monoisotopic (exact) mass is 285 g/mol. The third-order valence-corrected chi connectivity index (χ3v) is 3.07. The number of hydrogen-bond donors (Lipinski definition) is 1. The Balaban J connectivity index is 1.84. The van der Waals surface area contributed by atoms with Gasteiger partial charge in [0.2, 0.25) is 0 Å². The van der Waals surface area contributed by atoms with Gasteiger partial charge in [-0.05, 0) is 30.7 Å². The fourth-order valence-electron chi connectivity index (χ4n) is 2.00. The van der Waals surface area contributed by atoms with Gasteiger partial charge in [-0.3, -0.25) is 9.97 Å². The first-order valence-electron chi connectivity index (χ1n) is 7.42. The van der Waals surface area contributed by atoms with Gasteiger partial charge >= 0.3 is 0 Å². The number of pyridine rings is 2. The molecule has 2 rings (SSSR count). The maximum Gasteiger partial charge on any atom is 0.126 e. The molecule has 0 aliphatic carbocycles. The molecule has 0 radical (unpaired) electrons. The smallest absolute Gasteiger partial charge is 0.126 e. The van der Waals surface area contributed by atoms with Crippen LogP contribution in [0.4, 0.5) is 0 Å². The molecule has 2 heterocycles. The van der Waals surface area contributed by atoms with Gasteiger partial charge < -0.3 is 10.1 Å². The highest BCUT2D eigenvalue weighted by atomic mass is 16.5. The highest BCUT2D eigenvalue weighted by Gasteiger charge is 2.04. The first kappa shape index (κ1) is 15.4. The van der Waals surface area contributed by atoms with E-state index in [9.17, 15) is 0 Å². The standard InChI is InChI=1S/C17H23N3O/c1-14(2)11-19-13-15-12-18-9-6-17(15)21-10-7-16-5-3-4-8-20-16/h3-6,8-9,12,14,19H,7,10-11,13H2,1-2H3. The minimum atomic E-state index is 0.623. The van der Waals surface area contributed by atoms with Crippen LogP contribution < -0.4 is 10.1 Å². The highest BCUT2D eigenvalue weighted by Crippen LogP contribution is 2.16. The first-order chi connectivity index (χ1) is 10.3. The topological polar surface area (TPSA) is 47.0 Å². The molecule has 0 spiro atoms. The van der Waals surface area contributed by atoms with E-state index in [1.54, 1.807) is 6.20 Å². The largest absolute Gasteiger partial charge is 0.493 e. The van der Waals surface area contributed by atoms with E-state index in [2.05, 4.69) is 29.1 Å². The summed E-state index contributed by atoms with van der Waals surface area (Å²) in [5.74, 6) is 1.53. The van der Waals surface area contributed by atoms with Crippen molar-refractivity contribution in [2.24, 2.45) is 5.92 Å². The Morgan fingerprint density at radius 2 is 2.10 bits per heavy atom. The summed E-state index contributed by atoms with van der Waals surface area (Å²) in [7, 11) is 0. The molecule has 2 aromatic heterocycles. The van der Waals surface area contributed by atoms with Gasteiger partial charge in [0, 0.05) is 42.8 Å². The van der Waals surface area contributed by atoms with Crippen molar-refractivity contribution in [3.8, 4) is 5.75 Å². The van der Waals surface area contributed by atoms with Crippen LogP contribution in [0.25, 0.3) is 0 Å². The van der Waals surface area contributed by atoms with E-state index in [-0.39, 0.29) is 0 Å². The van der Waals surface area contributed by atoms with Crippen molar-refractivity contribution in [2.45, 2.75) is 26.8 Å². The summed E-state index contributed by atoms with van der Waals surface area (Å²) in [5, 5.41) is 3.42. The number of rotatable bonds is 8. The summed E-state index contributed by atoms with van der Waals surface area (Å²) in [6, 6.07) is 7.85. The van der Waals surface area contributed by atoms with Gasteiger partial charge in [-0.25, -0.2) is 0 Å². The normalized spacial score (nSPS) is 10.8. The molecule has 0 saturated carbocycles. The molecule has 0 atom stereocenters. The van der Waals surface area contributed by atoms with Crippen LogP contribution in [0.15, 0.2) is 42.9 Å². The predicted molar refractivity (Wildman–Crippen MR) is 84.2 cm³/mol. The molecule has 0 bridgehead atoms. The molecule has 0 unspecified atom stereocenters. The SMILES string of the molecule is CC(C)CNCc1cnccc1OCCc1ccccn1. The number of ether oxygens (including phenoxy) is 1. The minimum absolute atomic E-state index is 0.623. The Morgan fingerprint density at radius 3 is 2.86 bits per heavy atom. The molecule has 0 fully saturated rings. The lowest BCUT2D eigenvalue weighted by molar-refractivity contribution is 0.315. The van der Waals surface area contributed by atoms with E-state index < -0.39 is 0 Å². The summed E-state index contributed by atoms with van der Waals surface area (Å²) in [6.45, 7) is 6.78. The summed E-state index contributed by atoms with van der Waals surface area (Å²) in [5.41, 5.74) is 2.14. The van der Waals surface area contributed by atoms with Crippen molar-refractivity contribution in [3.63, 3.8) is 0 Å². The van der Waals surface area contributed by atoms with Crippen molar-refractivity contribution in [2.75, 3.05) is 13.2 Å². The Hall–Kier alpha value is -1.94. The summed E-state index contributed by atoms with van der Waals surface area (Å²) in [4.78, 5) is 8.47. The number of nitrogens with one attached hydrogen (secondary N) is 1. The summed E-state index contributed by atoms with van der Waals surface area (Å²) in [6.07, 6.45) is 6.25. The average Bonchev–Trinajstić information content (AvgIpc) is 2.49. The Morgan fingerprint density at radius 1 is 1.19 bits per heavy atom. The highest BCUT2D eigenvalue weighted by molar-refractivity contribution is 5.30. The van der Waals surface area contributed by atoms with E-state index in [1.165, 1.54) is 0 Å². The average molecular weight is 285 g/mol. The van der Waals surface area contributed by atoms with Crippen LogP contribution in [-0.4, -0.2) is 23.1 Å². The van der Waals surface area contributed by atoms with Gasteiger partial charge in [0.15, 0.2) is 0 Å². The van der Waals surface area contributed by atoms with Gasteiger partial charge in [0.1, 0.15) is 5.75 Å². The molecule has 0 aliphatic heterocycles. The van der Waals surface area contributed by atoms with Crippen LogP contribution in [0.2, 0.25) is 0 Å². The lowest BCUT2D eigenvalue weighted by Gasteiger charge is -2.12. The maximum absolute atomic E-state index is 5.88. The lowest BCUT2D eigenvalue weighted by atomic mass is 10.2. The van der Waals surface area contributed by atoms with Crippen molar-refractivity contribution < 1.29 is 4.74 Å². The van der Waals surface area contributed by atoms with Crippen LogP contribution in [0.5, 0.6) is 5.75 Å². The number of hydrogen-bond acceptors (Lipinski definition) is 4. The van der Waals surface area contributed by atoms with E-state index in [0.717, 1.165) is 36.5 Å². The van der Waals surface area contributed by atoms with Gasteiger partial charge in [0.05, 0.1) is 6.61 Å². The molecule has 0 aromatic carbocycles. The fraction of sp³-hybridized carbons (Fsp3) is 0.412. The molecule has 112 valence electrons. The van der Waals surface area contributed by atoms with Crippen LogP contribution >= 0.6 is 0 Å². The Labute approximate surface area is 126 Å². The van der Waals surface area contributed by atoms with Gasteiger partial charge in [-0.1, -0.05) is 19.9 Å². The van der Waals surface area contributed by atoms with Crippen molar-refractivity contribution >= 4 is 0 Å². The van der Waals surface area contributed by atoms with Crippen LogP contribution in [0.1, 0.15) is 25.1 Å². The maximum atomic E-state index is 5.88. The lowest BCUT2D eigenvalue weighted by Crippen LogP contribution is -2.19. The Kier molecular flexibility index (Phi) is 6.16. The number of nitrogens with zero attached hydrogens (tertiary/aromatic N) is 2. The van der Waals surface area contributed by atoms with E-state index in [1.807, 2.05) is 36.7 Å².